The molecule has 1 fully saturated rings. The van der Waals surface area contributed by atoms with Crippen LogP contribution in [0.15, 0.2) is 50.7 Å². The molecule has 7 nitrogen and oxygen atoms in total. The normalized spacial score (nSPS) is 15.8. The minimum absolute atomic E-state index is 0.0179. The molecule has 3 aromatic rings. The molecule has 170 valence electrons. The Balaban J connectivity index is 1.43. The second-order valence-corrected chi connectivity index (χ2v) is 11.0. The minimum atomic E-state index is -3.72. The fraction of sp³-hybridized carbons (Fsp3) is 0.364. The summed E-state index contributed by atoms with van der Waals surface area (Å²) in [5.41, 5.74) is 0.352. The number of carbonyl (C=O) groups excluding carboxylic acids is 1. The molecule has 0 radical (unpaired) electrons. The SMILES string of the molecule is Cc1noc(C)c1S(=O)(=O)N1CCCN(C(=O)CSc2cccc3cccc(Cl)c23)CC1. The summed E-state index contributed by atoms with van der Waals surface area (Å²) in [5, 5.41) is 6.41. The molecule has 32 heavy (non-hydrogen) atoms. The predicted molar refractivity (Wildman–Crippen MR) is 126 cm³/mol. The molecule has 0 atom stereocenters. The molecule has 1 aliphatic rings. The number of amides is 1. The van der Waals surface area contributed by atoms with Crippen LogP contribution < -0.4 is 0 Å². The van der Waals surface area contributed by atoms with Crippen LogP contribution in [0.4, 0.5) is 0 Å². The van der Waals surface area contributed by atoms with E-state index in [4.69, 9.17) is 16.1 Å². The highest BCUT2D eigenvalue weighted by Crippen LogP contribution is 2.33. The van der Waals surface area contributed by atoms with Crippen LogP contribution >= 0.6 is 23.4 Å². The van der Waals surface area contributed by atoms with E-state index in [-0.39, 0.29) is 28.9 Å². The number of aryl methyl sites for hydroxylation is 2. The zero-order valence-electron chi connectivity index (χ0n) is 17.9. The number of thioether (sulfide) groups is 1. The number of aromatic nitrogens is 1. The standard InChI is InChI=1S/C22H24ClN3O4S2/c1-15-22(16(2)30-24-15)32(28,29)26-11-5-10-25(12-13-26)20(27)14-31-19-9-4-7-17-6-3-8-18(23)21(17)19/h3-4,6-9H,5,10-14H2,1-2H3. The fourth-order valence-corrected chi connectivity index (χ4v) is 7.08. The minimum Gasteiger partial charge on any atom is -0.360 e. The molecule has 0 unspecified atom stereocenters. The van der Waals surface area contributed by atoms with Crippen LogP contribution in [0.25, 0.3) is 10.8 Å². The lowest BCUT2D eigenvalue weighted by Crippen LogP contribution is -2.38. The van der Waals surface area contributed by atoms with E-state index in [1.165, 1.54) is 16.1 Å². The predicted octanol–water partition coefficient (Wildman–Crippen LogP) is 4.11. The van der Waals surface area contributed by atoms with Gasteiger partial charge in [0, 0.05) is 41.5 Å². The van der Waals surface area contributed by atoms with Gasteiger partial charge in [-0.2, -0.15) is 4.31 Å². The lowest BCUT2D eigenvalue weighted by atomic mass is 10.1. The first kappa shape index (κ1) is 23.1. The molecule has 0 spiro atoms. The maximum atomic E-state index is 13.1. The molecule has 0 bridgehead atoms. The summed E-state index contributed by atoms with van der Waals surface area (Å²) < 4.78 is 32.6. The number of nitrogens with zero attached hydrogens (tertiary/aromatic N) is 3. The molecule has 0 N–H and O–H groups in total. The van der Waals surface area contributed by atoms with Crippen molar-refractivity contribution in [1.82, 2.24) is 14.4 Å². The van der Waals surface area contributed by atoms with Crippen molar-refractivity contribution >= 4 is 50.1 Å². The Labute approximate surface area is 196 Å². The van der Waals surface area contributed by atoms with Crippen LogP contribution in [0.2, 0.25) is 5.02 Å². The zero-order chi connectivity index (χ0) is 22.9. The highest BCUT2D eigenvalue weighted by atomic mass is 35.5. The van der Waals surface area contributed by atoms with Gasteiger partial charge in [0.2, 0.25) is 15.9 Å². The first-order chi connectivity index (χ1) is 15.3. The summed E-state index contributed by atoms with van der Waals surface area (Å²) >= 11 is 7.84. The Bertz CT molecular complexity index is 1230. The Morgan fingerprint density at radius 2 is 1.88 bits per heavy atom. The number of benzene rings is 2. The third-order valence-electron chi connectivity index (χ3n) is 5.54. The summed E-state index contributed by atoms with van der Waals surface area (Å²) in [4.78, 5) is 15.7. The highest BCUT2D eigenvalue weighted by Gasteiger charge is 2.32. The molecule has 2 heterocycles. The van der Waals surface area contributed by atoms with Gasteiger partial charge >= 0.3 is 0 Å². The molecule has 10 heteroatoms. The maximum absolute atomic E-state index is 13.1. The van der Waals surface area contributed by atoms with Crippen molar-refractivity contribution in [1.29, 1.82) is 0 Å². The van der Waals surface area contributed by atoms with Crippen LogP contribution in [-0.4, -0.2) is 60.6 Å². The van der Waals surface area contributed by atoms with Crippen molar-refractivity contribution in [2.75, 3.05) is 31.9 Å². The molecule has 4 rings (SSSR count). The fourth-order valence-electron chi connectivity index (χ4n) is 3.97. The second-order valence-electron chi connectivity index (χ2n) is 7.67. The monoisotopic (exact) mass is 493 g/mol. The molecule has 1 saturated heterocycles. The van der Waals surface area contributed by atoms with Crippen LogP contribution in [-0.2, 0) is 14.8 Å². The van der Waals surface area contributed by atoms with E-state index < -0.39 is 10.0 Å². The average Bonchev–Trinajstić information content (AvgIpc) is 2.96. The van der Waals surface area contributed by atoms with Crippen LogP contribution in [0.3, 0.4) is 0 Å². The van der Waals surface area contributed by atoms with Crippen molar-refractivity contribution in [2.24, 2.45) is 0 Å². The third-order valence-corrected chi connectivity index (χ3v) is 9.04. The van der Waals surface area contributed by atoms with E-state index in [9.17, 15) is 13.2 Å². The van der Waals surface area contributed by atoms with Gasteiger partial charge in [-0.05, 0) is 37.8 Å². The molecule has 0 saturated carbocycles. The van der Waals surface area contributed by atoms with Crippen molar-refractivity contribution in [3.8, 4) is 0 Å². The second kappa shape index (κ2) is 9.43. The summed E-state index contributed by atoms with van der Waals surface area (Å²) in [6.07, 6.45) is 0.569. The van der Waals surface area contributed by atoms with Crippen LogP contribution in [0.5, 0.6) is 0 Å². The lowest BCUT2D eigenvalue weighted by molar-refractivity contribution is -0.128. The van der Waals surface area contributed by atoms with Crippen molar-refractivity contribution in [3.05, 3.63) is 52.9 Å². The van der Waals surface area contributed by atoms with Crippen molar-refractivity contribution in [3.63, 3.8) is 0 Å². The number of fused-ring (bicyclic) bond motifs is 1. The average molecular weight is 494 g/mol. The van der Waals surface area contributed by atoms with E-state index in [1.54, 1.807) is 18.7 Å². The number of halogens is 1. The summed E-state index contributed by atoms with van der Waals surface area (Å²) in [6, 6.07) is 11.7. The van der Waals surface area contributed by atoms with E-state index in [0.29, 0.717) is 36.8 Å². The zero-order valence-corrected chi connectivity index (χ0v) is 20.3. The summed E-state index contributed by atoms with van der Waals surface area (Å²) in [7, 11) is -3.72. The quantitative estimate of drug-likeness (QED) is 0.497. The van der Waals surface area contributed by atoms with Gasteiger partial charge in [0.15, 0.2) is 5.76 Å². The van der Waals surface area contributed by atoms with Gasteiger partial charge in [-0.3, -0.25) is 4.79 Å². The lowest BCUT2D eigenvalue weighted by Gasteiger charge is -2.22. The maximum Gasteiger partial charge on any atom is 0.248 e. The van der Waals surface area contributed by atoms with Gasteiger partial charge in [0.05, 0.1) is 5.75 Å². The van der Waals surface area contributed by atoms with Gasteiger partial charge < -0.3 is 9.42 Å². The van der Waals surface area contributed by atoms with Gasteiger partial charge in [-0.25, -0.2) is 8.42 Å². The Kier molecular flexibility index (Phi) is 6.80. The molecule has 1 aromatic heterocycles. The molecular weight excluding hydrogens is 470 g/mol. The molecule has 0 aliphatic carbocycles. The Morgan fingerprint density at radius 3 is 2.59 bits per heavy atom. The number of carbonyl (C=O) groups is 1. The molecule has 1 aliphatic heterocycles. The molecule has 1 amide bonds. The first-order valence-corrected chi connectivity index (χ1v) is 13.1. The summed E-state index contributed by atoms with van der Waals surface area (Å²) in [6.45, 7) is 4.66. The molecular formula is C22H24ClN3O4S2. The van der Waals surface area contributed by atoms with Gasteiger partial charge in [-0.1, -0.05) is 41.0 Å². The van der Waals surface area contributed by atoms with Crippen LogP contribution in [0.1, 0.15) is 17.9 Å². The third kappa shape index (κ3) is 4.52. The Hall–Kier alpha value is -2.07. The Morgan fingerprint density at radius 1 is 1.12 bits per heavy atom. The van der Waals surface area contributed by atoms with Crippen molar-refractivity contribution < 1.29 is 17.7 Å². The van der Waals surface area contributed by atoms with E-state index in [0.717, 1.165) is 15.7 Å². The van der Waals surface area contributed by atoms with Gasteiger partial charge in [-0.15, -0.1) is 11.8 Å². The van der Waals surface area contributed by atoms with E-state index in [1.807, 2.05) is 36.4 Å². The largest absolute Gasteiger partial charge is 0.360 e. The van der Waals surface area contributed by atoms with E-state index in [2.05, 4.69) is 5.16 Å². The number of rotatable bonds is 5. The highest BCUT2D eigenvalue weighted by molar-refractivity contribution is 8.00. The van der Waals surface area contributed by atoms with Crippen molar-refractivity contribution in [2.45, 2.75) is 30.1 Å². The topological polar surface area (TPSA) is 83.7 Å². The summed E-state index contributed by atoms with van der Waals surface area (Å²) in [5.74, 6) is 0.529. The smallest absolute Gasteiger partial charge is 0.248 e. The van der Waals surface area contributed by atoms with Crippen LogP contribution in [0, 0.1) is 13.8 Å². The van der Waals surface area contributed by atoms with Gasteiger partial charge in [0.1, 0.15) is 10.6 Å². The number of hydrogen-bond acceptors (Lipinski definition) is 6. The number of sulfonamides is 1. The van der Waals surface area contributed by atoms with Gasteiger partial charge in [0.25, 0.3) is 0 Å². The number of hydrogen-bond donors (Lipinski definition) is 0. The first-order valence-electron chi connectivity index (χ1n) is 10.3. The van der Waals surface area contributed by atoms with E-state index >= 15 is 0 Å². The molecule has 2 aromatic carbocycles.